The molecule has 4 aromatic rings. The summed E-state index contributed by atoms with van der Waals surface area (Å²) in [6.07, 6.45) is 2.30. The van der Waals surface area contributed by atoms with Crippen LogP contribution in [0.4, 0.5) is 30.6 Å². The van der Waals surface area contributed by atoms with E-state index in [1.54, 1.807) is 18.7 Å². The van der Waals surface area contributed by atoms with Gasteiger partial charge in [0.25, 0.3) is 0 Å². The highest BCUT2D eigenvalue weighted by Gasteiger charge is 2.32. The summed E-state index contributed by atoms with van der Waals surface area (Å²) in [6, 6.07) is 3.54. The molecule has 222 valence electrons. The molecule has 0 atom stereocenters. The summed E-state index contributed by atoms with van der Waals surface area (Å²) in [5, 5.41) is 6.00. The number of halogens is 4. The molecule has 1 saturated heterocycles. The van der Waals surface area contributed by atoms with Crippen molar-refractivity contribution in [2.75, 3.05) is 37.8 Å². The third-order valence-electron chi connectivity index (χ3n) is 6.80. The van der Waals surface area contributed by atoms with Crippen molar-refractivity contribution in [2.45, 2.75) is 25.1 Å². The minimum absolute atomic E-state index is 0.124. The normalized spacial score (nSPS) is 15.2. The van der Waals surface area contributed by atoms with Crippen LogP contribution in [0.5, 0.6) is 11.5 Å². The van der Waals surface area contributed by atoms with Crippen LogP contribution in [0.3, 0.4) is 0 Å². The zero-order chi connectivity index (χ0) is 30.0. The number of hydrogen-bond acceptors (Lipinski definition) is 10. The van der Waals surface area contributed by atoms with E-state index in [1.165, 1.54) is 30.9 Å². The van der Waals surface area contributed by atoms with Gasteiger partial charge in [-0.05, 0) is 32.0 Å². The second-order valence-electron chi connectivity index (χ2n) is 9.76. The molecule has 4 heterocycles. The van der Waals surface area contributed by atoms with Crippen LogP contribution in [0.1, 0.15) is 24.1 Å². The summed E-state index contributed by atoms with van der Waals surface area (Å²) in [7, 11) is 5.37. The average Bonchev–Trinajstić information content (AvgIpc) is 3.28. The van der Waals surface area contributed by atoms with Crippen molar-refractivity contribution in [3.05, 3.63) is 59.3 Å². The first-order valence-corrected chi connectivity index (χ1v) is 13.4. The molecule has 0 spiro atoms. The van der Waals surface area contributed by atoms with Gasteiger partial charge >= 0.3 is 6.18 Å². The Bertz CT molecular complexity index is 1600. The lowest BCUT2D eigenvalue weighted by Crippen LogP contribution is -2.35. The highest BCUT2D eigenvalue weighted by atomic mass is 35.5. The van der Waals surface area contributed by atoms with Gasteiger partial charge in [-0.3, -0.25) is 0 Å². The molecule has 0 bridgehead atoms. The highest BCUT2D eigenvalue weighted by Crippen LogP contribution is 2.38. The Balaban J connectivity index is 1.42. The van der Waals surface area contributed by atoms with E-state index in [4.69, 9.17) is 26.8 Å². The lowest BCUT2D eigenvalue weighted by molar-refractivity contribution is -0.137. The Morgan fingerprint density at radius 2 is 1.86 bits per heavy atom. The van der Waals surface area contributed by atoms with Gasteiger partial charge in [0.05, 0.1) is 24.2 Å². The van der Waals surface area contributed by atoms with Crippen LogP contribution < -0.4 is 25.8 Å². The van der Waals surface area contributed by atoms with Crippen LogP contribution in [0.25, 0.3) is 16.9 Å². The fourth-order valence-electron chi connectivity index (χ4n) is 4.50. The van der Waals surface area contributed by atoms with Crippen LogP contribution in [-0.4, -0.2) is 62.7 Å². The first-order chi connectivity index (χ1) is 20.0. The van der Waals surface area contributed by atoms with Crippen molar-refractivity contribution in [3.63, 3.8) is 0 Å². The monoisotopic (exact) mass is 603 g/mol. The lowest BCUT2D eigenvalue weighted by atomic mass is 10.1. The van der Waals surface area contributed by atoms with Crippen LogP contribution in [0.15, 0.2) is 43.0 Å². The van der Waals surface area contributed by atoms with E-state index in [1.807, 2.05) is 7.05 Å². The molecule has 5 rings (SSSR count). The number of anilines is 3. The number of benzene rings is 1. The smallest absolute Gasteiger partial charge is 0.416 e. The van der Waals surface area contributed by atoms with Crippen LogP contribution in [0, 0.1) is 0 Å². The van der Waals surface area contributed by atoms with Crippen molar-refractivity contribution in [1.82, 2.24) is 29.4 Å². The van der Waals surface area contributed by atoms with Crippen molar-refractivity contribution >= 4 is 46.0 Å². The van der Waals surface area contributed by atoms with Gasteiger partial charge in [0.15, 0.2) is 17.2 Å². The molecule has 11 nitrogen and oxygen atoms in total. The number of nitrogens with two attached hydrogens (primary N) is 1. The molecule has 42 heavy (non-hydrogen) atoms. The zero-order valence-corrected chi connectivity index (χ0v) is 23.8. The van der Waals surface area contributed by atoms with Gasteiger partial charge in [-0.15, -0.1) is 0 Å². The summed E-state index contributed by atoms with van der Waals surface area (Å²) >= 11 is 6.69. The van der Waals surface area contributed by atoms with E-state index in [0.717, 1.165) is 38.1 Å². The van der Waals surface area contributed by atoms with Gasteiger partial charge in [-0.1, -0.05) is 11.6 Å². The standard InChI is InChI=1S/C27H29ClF3N9O2/c1-33-22-14-34-19(12-35-22)20(11-32)42-21-13-36-25-24(23(21)28)40(3)26(38-25)37-16-8-15(27(29,30)31)9-18(10-16)41-17-4-6-39(2)7-5-17/h8-14,17H,4-7,32H2,1-3H3,(H,33,35)(H,36,37,38). The van der Waals surface area contributed by atoms with Gasteiger partial charge in [0.1, 0.15) is 33.9 Å². The second-order valence-corrected chi connectivity index (χ2v) is 10.1. The number of rotatable bonds is 8. The number of imidazole rings is 1. The lowest BCUT2D eigenvalue weighted by Gasteiger charge is -2.29. The maximum atomic E-state index is 13.8. The first-order valence-electron chi connectivity index (χ1n) is 13.0. The number of nitrogens with zero attached hydrogens (tertiary/aromatic N) is 6. The van der Waals surface area contributed by atoms with Gasteiger partial charge < -0.3 is 35.3 Å². The van der Waals surface area contributed by atoms with Crippen LogP contribution >= 0.6 is 11.6 Å². The van der Waals surface area contributed by atoms with Gasteiger partial charge in [0.2, 0.25) is 5.95 Å². The molecule has 0 radical (unpaired) electrons. The van der Waals surface area contributed by atoms with E-state index < -0.39 is 11.7 Å². The minimum atomic E-state index is -4.57. The Hall–Kier alpha value is -4.30. The maximum absolute atomic E-state index is 13.8. The molecule has 0 aliphatic carbocycles. The van der Waals surface area contributed by atoms with Crippen molar-refractivity contribution in [3.8, 4) is 11.5 Å². The average molecular weight is 604 g/mol. The summed E-state index contributed by atoms with van der Waals surface area (Å²) in [5.41, 5.74) is 6.09. The molecule has 4 N–H and O–H groups in total. The first kappa shape index (κ1) is 29.2. The summed E-state index contributed by atoms with van der Waals surface area (Å²) in [5.74, 6) is 1.26. The quantitative estimate of drug-likeness (QED) is 0.236. The third-order valence-corrected chi connectivity index (χ3v) is 7.16. The number of likely N-dealkylation sites (tertiary alicyclic amines) is 1. The predicted molar refractivity (Wildman–Crippen MR) is 154 cm³/mol. The Labute approximate surface area is 244 Å². The number of nitrogens with one attached hydrogen (secondary N) is 2. The minimum Gasteiger partial charge on any atom is -0.490 e. The molecule has 0 amide bonds. The Kier molecular flexibility index (Phi) is 8.27. The second kappa shape index (κ2) is 11.9. The Morgan fingerprint density at radius 1 is 1.10 bits per heavy atom. The number of ether oxygens (including phenoxy) is 2. The van der Waals surface area contributed by atoms with Gasteiger partial charge in [-0.2, -0.15) is 18.2 Å². The Morgan fingerprint density at radius 3 is 2.50 bits per heavy atom. The number of aryl methyl sites for hydroxylation is 1. The van der Waals surface area contributed by atoms with Crippen LogP contribution in [0.2, 0.25) is 5.02 Å². The molecule has 3 aromatic heterocycles. The molecule has 15 heteroatoms. The molecule has 1 aliphatic rings. The fourth-order valence-corrected chi connectivity index (χ4v) is 4.80. The maximum Gasteiger partial charge on any atom is 0.416 e. The van der Waals surface area contributed by atoms with Crippen molar-refractivity contribution in [2.24, 2.45) is 12.8 Å². The van der Waals surface area contributed by atoms with E-state index in [9.17, 15) is 13.2 Å². The molecule has 1 aromatic carbocycles. The zero-order valence-electron chi connectivity index (χ0n) is 23.0. The summed E-state index contributed by atoms with van der Waals surface area (Å²) in [4.78, 5) is 19.4. The topological polar surface area (TPSA) is 128 Å². The van der Waals surface area contributed by atoms with E-state index >= 15 is 0 Å². The van der Waals surface area contributed by atoms with Crippen LogP contribution in [-0.2, 0) is 13.2 Å². The number of aromatic nitrogens is 5. The van der Waals surface area contributed by atoms with E-state index in [0.29, 0.717) is 17.0 Å². The highest BCUT2D eigenvalue weighted by molar-refractivity contribution is 6.36. The van der Waals surface area contributed by atoms with Crippen molar-refractivity contribution < 1.29 is 22.6 Å². The third kappa shape index (κ3) is 6.29. The molecule has 1 aliphatic heterocycles. The van der Waals surface area contributed by atoms with E-state index in [2.05, 4.69) is 35.5 Å². The summed E-state index contributed by atoms with van der Waals surface area (Å²) < 4.78 is 54.8. The SMILES string of the molecule is CNc1cnc(C(=CN)Oc2cnc3nc(Nc4cc(OC5CCN(C)CC5)cc(C(F)(F)F)c4)n(C)c3c2Cl)cn1. The molecule has 1 fully saturated rings. The molecular weight excluding hydrogens is 575 g/mol. The number of pyridine rings is 1. The fraction of sp³-hybridized carbons (Fsp3) is 0.333. The number of piperidine rings is 1. The van der Waals surface area contributed by atoms with Crippen molar-refractivity contribution in [1.29, 1.82) is 0 Å². The number of hydrogen-bond donors (Lipinski definition) is 3. The predicted octanol–water partition coefficient (Wildman–Crippen LogP) is 5.02. The molecular formula is C27H29ClF3N9O2. The largest absolute Gasteiger partial charge is 0.490 e. The number of alkyl halides is 3. The van der Waals surface area contributed by atoms with E-state index in [-0.39, 0.29) is 45.7 Å². The molecule has 0 unspecified atom stereocenters. The van der Waals surface area contributed by atoms with Gasteiger partial charge in [0, 0.05) is 45.1 Å². The number of fused-ring (bicyclic) bond motifs is 1. The molecule has 0 saturated carbocycles. The summed E-state index contributed by atoms with van der Waals surface area (Å²) in [6.45, 7) is 1.62. The van der Waals surface area contributed by atoms with Gasteiger partial charge in [-0.25, -0.2) is 15.0 Å².